The number of sulfonamides is 1. The van der Waals surface area contributed by atoms with E-state index in [9.17, 15) is 18.0 Å². The predicted octanol–water partition coefficient (Wildman–Crippen LogP) is 4.62. The fourth-order valence-electron chi connectivity index (χ4n) is 3.16. The SMILES string of the molecule is CC(=O)Nc1ccc(C)c(NC(=O)c2cccc(NS(=O)(=O)c3cc(C)ccc3C)c2)c1. The molecule has 3 aromatic rings. The van der Waals surface area contributed by atoms with Crippen molar-refractivity contribution in [2.24, 2.45) is 0 Å². The van der Waals surface area contributed by atoms with Gasteiger partial charge in [-0.1, -0.05) is 24.3 Å². The van der Waals surface area contributed by atoms with Crippen LogP contribution in [0.15, 0.2) is 65.6 Å². The molecule has 3 N–H and O–H groups in total. The highest BCUT2D eigenvalue weighted by Crippen LogP contribution is 2.23. The lowest BCUT2D eigenvalue weighted by molar-refractivity contribution is -0.114. The third kappa shape index (κ3) is 5.53. The van der Waals surface area contributed by atoms with E-state index in [2.05, 4.69) is 15.4 Å². The molecule has 0 aliphatic heterocycles. The number of nitrogens with one attached hydrogen (secondary N) is 3. The number of rotatable bonds is 6. The molecule has 0 aromatic heterocycles. The molecular weight excluding hydrogens is 426 g/mol. The van der Waals surface area contributed by atoms with Crippen molar-refractivity contribution in [3.05, 3.63) is 82.9 Å². The predicted molar refractivity (Wildman–Crippen MR) is 127 cm³/mol. The van der Waals surface area contributed by atoms with Gasteiger partial charge < -0.3 is 10.6 Å². The van der Waals surface area contributed by atoms with E-state index in [-0.39, 0.29) is 22.1 Å². The third-order valence-corrected chi connectivity index (χ3v) is 6.34. The first-order valence-corrected chi connectivity index (χ1v) is 11.4. The van der Waals surface area contributed by atoms with Gasteiger partial charge in [-0.3, -0.25) is 14.3 Å². The Hall–Kier alpha value is -3.65. The van der Waals surface area contributed by atoms with Crippen LogP contribution in [0.3, 0.4) is 0 Å². The van der Waals surface area contributed by atoms with Gasteiger partial charge in [0.05, 0.1) is 4.90 Å². The Morgan fingerprint density at radius 2 is 1.50 bits per heavy atom. The van der Waals surface area contributed by atoms with E-state index in [1.165, 1.54) is 13.0 Å². The molecule has 0 radical (unpaired) electrons. The van der Waals surface area contributed by atoms with Crippen molar-refractivity contribution < 1.29 is 18.0 Å². The first-order chi connectivity index (χ1) is 15.0. The second-order valence-corrected chi connectivity index (χ2v) is 9.27. The number of aryl methyl sites for hydroxylation is 3. The zero-order chi connectivity index (χ0) is 23.5. The summed E-state index contributed by atoms with van der Waals surface area (Å²) in [4.78, 5) is 24.3. The van der Waals surface area contributed by atoms with Gasteiger partial charge in [-0.15, -0.1) is 0 Å². The molecule has 32 heavy (non-hydrogen) atoms. The number of hydrogen-bond donors (Lipinski definition) is 3. The van der Waals surface area contributed by atoms with Crippen LogP contribution in [-0.2, 0) is 14.8 Å². The Morgan fingerprint density at radius 3 is 2.22 bits per heavy atom. The molecule has 8 heteroatoms. The van der Waals surface area contributed by atoms with Gasteiger partial charge in [-0.2, -0.15) is 0 Å². The first kappa shape index (κ1) is 23.0. The molecule has 3 aromatic carbocycles. The zero-order valence-corrected chi connectivity index (χ0v) is 19.1. The van der Waals surface area contributed by atoms with E-state index in [1.54, 1.807) is 55.5 Å². The summed E-state index contributed by atoms with van der Waals surface area (Å²) in [7, 11) is -3.81. The summed E-state index contributed by atoms with van der Waals surface area (Å²) in [5.74, 6) is -0.615. The Bertz CT molecular complexity index is 1300. The lowest BCUT2D eigenvalue weighted by atomic mass is 10.1. The minimum Gasteiger partial charge on any atom is -0.326 e. The van der Waals surface area contributed by atoms with Gasteiger partial charge in [0.1, 0.15) is 0 Å². The molecule has 0 aliphatic rings. The standard InChI is InChI=1S/C24H25N3O4S/c1-15-8-9-17(3)23(12-15)32(30,31)27-21-7-5-6-19(13-21)24(29)26-22-14-20(25-18(4)28)11-10-16(22)2/h5-14,27H,1-4H3,(H,25,28)(H,26,29). The highest BCUT2D eigenvalue weighted by molar-refractivity contribution is 7.92. The number of amides is 2. The lowest BCUT2D eigenvalue weighted by Crippen LogP contribution is -2.16. The highest BCUT2D eigenvalue weighted by atomic mass is 32.2. The van der Waals surface area contributed by atoms with Gasteiger partial charge in [0.15, 0.2) is 0 Å². The van der Waals surface area contributed by atoms with Crippen LogP contribution < -0.4 is 15.4 Å². The molecule has 3 rings (SSSR count). The molecule has 166 valence electrons. The maximum atomic E-state index is 12.9. The normalized spacial score (nSPS) is 11.0. The molecule has 0 saturated carbocycles. The molecule has 0 spiro atoms. The van der Waals surface area contributed by atoms with Gasteiger partial charge >= 0.3 is 0 Å². The summed E-state index contributed by atoms with van der Waals surface area (Å²) >= 11 is 0. The summed E-state index contributed by atoms with van der Waals surface area (Å²) in [5.41, 5.74) is 3.96. The average molecular weight is 452 g/mol. The number of hydrogen-bond acceptors (Lipinski definition) is 4. The van der Waals surface area contributed by atoms with E-state index in [0.29, 0.717) is 16.9 Å². The van der Waals surface area contributed by atoms with E-state index < -0.39 is 15.9 Å². The summed E-state index contributed by atoms with van der Waals surface area (Å²) in [5, 5.41) is 5.49. The van der Waals surface area contributed by atoms with E-state index >= 15 is 0 Å². The van der Waals surface area contributed by atoms with Crippen LogP contribution in [-0.4, -0.2) is 20.2 Å². The Labute approximate surface area is 187 Å². The van der Waals surface area contributed by atoms with Crippen LogP contribution in [0, 0.1) is 20.8 Å². The monoisotopic (exact) mass is 451 g/mol. The Kier molecular flexibility index (Phi) is 6.64. The first-order valence-electron chi connectivity index (χ1n) is 9.95. The van der Waals surface area contributed by atoms with Gasteiger partial charge in [-0.25, -0.2) is 8.42 Å². The maximum absolute atomic E-state index is 12.9. The molecule has 0 saturated heterocycles. The fourth-order valence-corrected chi connectivity index (χ4v) is 4.54. The van der Waals surface area contributed by atoms with Crippen molar-refractivity contribution in [3.63, 3.8) is 0 Å². The quantitative estimate of drug-likeness (QED) is 0.508. The zero-order valence-electron chi connectivity index (χ0n) is 18.3. The maximum Gasteiger partial charge on any atom is 0.262 e. The lowest BCUT2D eigenvalue weighted by Gasteiger charge is -2.13. The van der Waals surface area contributed by atoms with Crippen LogP contribution in [0.25, 0.3) is 0 Å². The molecule has 0 atom stereocenters. The van der Waals surface area contributed by atoms with Crippen LogP contribution in [0.1, 0.15) is 34.0 Å². The average Bonchev–Trinajstić information content (AvgIpc) is 2.71. The van der Waals surface area contributed by atoms with Crippen molar-refractivity contribution in [1.29, 1.82) is 0 Å². The van der Waals surface area contributed by atoms with Gasteiger partial charge in [-0.05, 0) is 73.9 Å². The van der Waals surface area contributed by atoms with Gasteiger partial charge in [0, 0.05) is 29.5 Å². The molecule has 0 heterocycles. The molecule has 0 unspecified atom stereocenters. The van der Waals surface area contributed by atoms with E-state index in [1.807, 2.05) is 19.9 Å². The summed E-state index contributed by atoms with van der Waals surface area (Å²) < 4.78 is 28.3. The second-order valence-electron chi connectivity index (χ2n) is 7.62. The van der Waals surface area contributed by atoms with Crippen molar-refractivity contribution in [1.82, 2.24) is 0 Å². The summed E-state index contributed by atoms with van der Waals surface area (Å²) in [6.07, 6.45) is 0. The Morgan fingerprint density at radius 1 is 0.781 bits per heavy atom. The minimum absolute atomic E-state index is 0.192. The van der Waals surface area contributed by atoms with Gasteiger partial charge in [0.25, 0.3) is 15.9 Å². The number of benzene rings is 3. The van der Waals surface area contributed by atoms with Crippen LogP contribution in [0.5, 0.6) is 0 Å². The van der Waals surface area contributed by atoms with Crippen LogP contribution >= 0.6 is 0 Å². The second kappa shape index (κ2) is 9.23. The van der Waals surface area contributed by atoms with Crippen LogP contribution in [0.2, 0.25) is 0 Å². The molecule has 0 aliphatic carbocycles. The van der Waals surface area contributed by atoms with Gasteiger partial charge in [0.2, 0.25) is 5.91 Å². The third-order valence-electron chi connectivity index (χ3n) is 4.82. The van der Waals surface area contributed by atoms with Crippen LogP contribution in [0.4, 0.5) is 17.1 Å². The minimum atomic E-state index is -3.81. The molecule has 0 bridgehead atoms. The topological polar surface area (TPSA) is 104 Å². The number of carbonyl (C=O) groups excluding carboxylic acids is 2. The van der Waals surface area contributed by atoms with E-state index in [4.69, 9.17) is 0 Å². The molecule has 2 amide bonds. The molecule has 7 nitrogen and oxygen atoms in total. The molecule has 0 fully saturated rings. The summed E-state index contributed by atoms with van der Waals surface area (Å²) in [6, 6.07) is 16.7. The smallest absolute Gasteiger partial charge is 0.262 e. The molecular formula is C24H25N3O4S. The fraction of sp³-hybridized carbons (Fsp3) is 0.167. The summed E-state index contributed by atoms with van der Waals surface area (Å²) in [6.45, 7) is 6.80. The number of anilines is 3. The Balaban J connectivity index is 1.82. The van der Waals surface area contributed by atoms with Crippen molar-refractivity contribution in [2.45, 2.75) is 32.6 Å². The highest BCUT2D eigenvalue weighted by Gasteiger charge is 2.18. The van der Waals surface area contributed by atoms with Crippen molar-refractivity contribution >= 4 is 38.9 Å². The van der Waals surface area contributed by atoms with Crippen molar-refractivity contribution in [2.75, 3.05) is 15.4 Å². The largest absolute Gasteiger partial charge is 0.326 e. The van der Waals surface area contributed by atoms with Crippen molar-refractivity contribution in [3.8, 4) is 0 Å². The van der Waals surface area contributed by atoms with E-state index in [0.717, 1.165) is 11.1 Å². The number of carbonyl (C=O) groups is 2.